The van der Waals surface area contributed by atoms with E-state index in [9.17, 15) is 4.79 Å². The van der Waals surface area contributed by atoms with E-state index < -0.39 is 6.09 Å². The fourth-order valence-electron chi connectivity index (χ4n) is 0.647. The van der Waals surface area contributed by atoms with Gasteiger partial charge in [-0.05, 0) is 12.1 Å². The molecule has 0 bridgehead atoms. The van der Waals surface area contributed by atoms with E-state index in [0.29, 0.717) is 5.75 Å². The molecule has 0 aromatic heterocycles. The van der Waals surface area contributed by atoms with Gasteiger partial charge in [0.25, 0.3) is 0 Å². The number of nitrogens with one attached hydrogen (secondary N) is 1. The molecule has 0 saturated heterocycles. The second kappa shape index (κ2) is 5.74. The fourth-order valence-corrected chi connectivity index (χ4v) is 0.647. The number of amides is 1. The van der Waals surface area contributed by atoms with Crippen molar-refractivity contribution in [2.75, 3.05) is 7.05 Å². The molecule has 0 radical (unpaired) electrons. The molecule has 1 aromatic carbocycles. The number of carbonyl (C=O) groups is 1. The van der Waals surface area contributed by atoms with E-state index in [1.807, 2.05) is 6.07 Å². The molecule has 0 unspecified atom stereocenters. The predicted octanol–water partition coefficient (Wildman–Crippen LogP) is 0.221. The first-order chi connectivity index (χ1) is 5.33. The molecule has 0 aliphatic rings. The molecule has 1 rings (SSSR count). The Morgan fingerprint density at radius 3 is 2.42 bits per heavy atom. The van der Waals surface area contributed by atoms with Gasteiger partial charge in [-0.15, -0.1) is 0 Å². The Morgan fingerprint density at radius 2 is 1.92 bits per heavy atom. The molecule has 0 aliphatic carbocycles. The third-order valence-corrected chi connectivity index (χ3v) is 1.16. The third-order valence-electron chi connectivity index (χ3n) is 1.16. The summed E-state index contributed by atoms with van der Waals surface area (Å²) in [7, 11) is 1.52. The van der Waals surface area contributed by atoms with E-state index >= 15 is 0 Å². The average molecular weight is 224 g/mol. The van der Waals surface area contributed by atoms with Crippen LogP contribution in [-0.4, -0.2) is 32.9 Å². The SMILES string of the molecule is CNC(=O)Oc1ccccc1.[GaH3]. The summed E-state index contributed by atoms with van der Waals surface area (Å²) in [6, 6.07) is 8.90. The molecular weight excluding hydrogens is 212 g/mol. The van der Waals surface area contributed by atoms with Gasteiger partial charge >= 0.3 is 25.9 Å². The van der Waals surface area contributed by atoms with Crippen LogP contribution in [0, 0.1) is 0 Å². The van der Waals surface area contributed by atoms with Gasteiger partial charge in [-0.2, -0.15) is 0 Å². The van der Waals surface area contributed by atoms with E-state index in [4.69, 9.17) is 4.74 Å². The van der Waals surface area contributed by atoms with Gasteiger partial charge < -0.3 is 10.1 Å². The minimum absolute atomic E-state index is 0. The van der Waals surface area contributed by atoms with Crippen molar-refractivity contribution in [3.05, 3.63) is 30.3 Å². The van der Waals surface area contributed by atoms with Crippen LogP contribution >= 0.6 is 0 Å². The van der Waals surface area contributed by atoms with Crippen molar-refractivity contribution in [3.8, 4) is 5.75 Å². The summed E-state index contributed by atoms with van der Waals surface area (Å²) < 4.78 is 4.81. The standard InChI is InChI=1S/C8H9NO2.Ga.3H/c1-9-8(10)11-7-5-3-2-4-6-7;;;;/h2-6H,1H3,(H,9,10);;;;. The van der Waals surface area contributed by atoms with Gasteiger partial charge in [0, 0.05) is 7.05 Å². The van der Waals surface area contributed by atoms with Gasteiger partial charge in [0.2, 0.25) is 0 Å². The summed E-state index contributed by atoms with van der Waals surface area (Å²) in [5, 5.41) is 2.35. The zero-order valence-electron chi connectivity index (χ0n) is 6.20. The van der Waals surface area contributed by atoms with Crippen LogP contribution in [0.5, 0.6) is 5.75 Å². The van der Waals surface area contributed by atoms with Gasteiger partial charge in [-0.1, -0.05) is 18.2 Å². The van der Waals surface area contributed by atoms with E-state index in [-0.39, 0.29) is 19.8 Å². The van der Waals surface area contributed by atoms with Crippen LogP contribution in [0.3, 0.4) is 0 Å². The Labute approximate surface area is 84.2 Å². The van der Waals surface area contributed by atoms with Crippen molar-refractivity contribution in [1.29, 1.82) is 0 Å². The third kappa shape index (κ3) is 3.50. The molecule has 1 amide bonds. The molecule has 0 saturated carbocycles. The fraction of sp³-hybridized carbons (Fsp3) is 0.125. The number of ether oxygens (including phenoxy) is 1. The molecule has 64 valence electrons. The summed E-state index contributed by atoms with van der Waals surface area (Å²) in [5.74, 6) is 0.548. The van der Waals surface area contributed by atoms with Crippen LogP contribution in [0.1, 0.15) is 0 Å². The Bertz CT molecular complexity index is 238. The summed E-state index contributed by atoms with van der Waals surface area (Å²) in [6.45, 7) is 0. The quantitative estimate of drug-likeness (QED) is 0.693. The van der Waals surface area contributed by atoms with Crippen molar-refractivity contribution in [2.24, 2.45) is 0 Å². The number of para-hydroxylation sites is 1. The number of benzene rings is 1. The van der Waals surface area contributed by atoms with E-state index in [1.54, 1.807) is 24.3 Å². The molecule has 0 aliphatic heterocycles. The Hall–Kier alpha value is -0.874. The summed E-state index contributed by atoms with van der Waals surface area (Å²) >= 11 is 0. The van der Waals surface area contributed by atoms with Crippen molar-refractivity contribution in [3.63, 3.8) is 0 Å². The molecule has 0 atom stereocenters. The van der Waals surface area contributed by atoms with E-state index in [2.05, 4.69) is 5.32 Å². The minimum atomic E-state index is -0.448. The molecule has 3 nitrogen and oxygen atoms in total. The zero-order valence-corrected chi connectivity index (χ0v) is 6.20. The second-order valence-corrected chi connectivity index (χ2v) is 1.95. The molecular formula is C8H12GaNO2. The normalized spacial score (nSPS) is 8.08. The number of hydrogen-bond donors (Lipinski definition) is 1. The van der Waals surface area contributed by atoms with Crippen LogP contribution in [-0.2, 0) is 0 Å². The Balaban J connectivity index is 0.00000121. The van der Waals surface area contributed by atoms with Crippen molar-refractivity contribution in [1.82, 2.24) is 5.32 Å². The predicted molar refractivity (Wildman–Crippen MR) is 51.5 cm³/mol. The van der Waals surface area contributed by atoms with Crippen molar-refractivity contribution >= 4 is 25.9 Å². The molecule has 4 heteroatoms. The van der Waals surface area contributed by atoms with Crippen molar-refractivity contribution < 1.29 is 9.53 Å². The monoisotopic (exact) mass is 223 g/mol. The Kier molecular flexibility index (Phi) is 5.32. The van der Waals surface area contributed by atoms with Crippen LogP contribution in [0.2, 0.25) is 0 Å². The maximum atomic E-state index is 10.6. The molecule has 0 spiro atoms. The van der Waals surface area contributed by atoms with Crippen LogP contribution < -0.4 is 10.1 Å². The maximum absolute atomic E-state index is 10.6. The summed E-state index contributed by atoms with van der Waals surface area (Å²) in [5.41, 5.74) is 0. The molecule has 0 fully saturated rings. The molecule has 1 N–H and O–H groups in total. The number of hydrogen-bond acceptors (Lipinski definition) is 2. The number of rotatable bonds is 1. The molecule has 1 aromatic rings. The van der Waals surface area contributed by atoms with Gasteiger partial charge in [0.05, 0.1) is 0 Å². The topological polar surface area (TPSA) is 38.3 Å². The van der Waals surface area contributed by atoms with Crippen LogP contribution in [0.25, 0.3) is 0 Å². The van der Waals surface area contributed by atoms with E-state index in [0.717, 1.165) is 0 Å². The second-order valence-electron chi connectivity index (χ2n) is 1.95. The van der Waals surface area contributed by atoms with Crippen LogP contribution in [0.4, 0.5) is 4.79 Å². The van der Waals surface area contributed by atoms with Crippen LogP contribution in [0.15, 0.2) is 30.3 Å². The summed E-state index contributed by atoms with van der Waals surface area (Å²) in [4.78, 5) is 10.6. The van der Waals surface area contributed by atoms with Crippen molar-refractivity contribution in [2.45, 2.75) is 0 Å². The average Bonchev–Trinajstić information content (AvgIpc) is 2.06. The first-order valence-electron chi connectivity index (χ1n) is 3.27. The number of carbonyl (C=O) groups excluding carboxylic acids is 1. The first kappa shape index (κ1) is 11.1. The Morgan fingerprint density at radius 1 is 1.33 bits per heavy atom. The molecule has 0 heterocycles. The van der Waals surface area contributed by atoms with Gasteiger partial charge in [0.15, 0.2) is 0 Å². The van der Waals surface area contributed by atoms with E-state index in [1.165, 1.54) is 7.05 Å². The van der Waals surface area contributed by atoms with Gasteiger partial charge in [0.1, 0.15) is 5.75 Å². The first-order valence-corrected chi connectivity index (χ1v) is 3.27. The summed E-state index contributed by atoms with van der Waals surface area (Å²) in [6.07, 6.45) is -0.448. The van der Waals surface area contributed by atoms with Gasteiger partial charge in [-0.3, -0.25) is 0 Å². The molecule has 12 heavy (non-hydrogen) atoms. The van der Waals surface area contributed by atoms with Gasteiger partial charge in [-0.25, -0.2) is 4.79 Å². The zero-order chi connectivity index (χ0) is 8.10.